The van der Waals surface area contributed by atoms with Crippen molar-refractivity contribution in [3.05, 3.63) is 58.9 Å². The number of allylic oxidation sites excluding steroid dienone is 1. The van der Waals surface area contributed by atoms with Crippen molar-refractivity contribution in [2.75, 3.05) is 36.2 Å². The molecular formula is C30H38N6O5. The van der Waals surface area contributed by atoms with Gasteiger partial charge in [0.15, 0.2) is 17.6 Å². The Hall–Kier alpha value is -3.96. The number of aliphatic hydroxyl groups excluding tert-OH is 1. The van der Waals surface area contributed by atoms with Crippen LogP contribution in [0, 0.1) is 6.92 Å². The summed E-state index contributed by atoms with van der Waals surface area (Å²) in [4.78, 5) is 18.6. The number of hydrogen-bond acceptors (Lipinski definition) is 9. The van der Waals surface area contributed by atoms with Gasteiger partial charge >= 0.3 is 5.97 Å². The van der Waals surface area contributed by atoms with E-state index in [-0.39, 0.29) is 11.2 Å². The van der Waals surface area contributed by atoms with Gasteiger partial charge in [0.1, 0.15) is 11.6 Å². The third-order valence-corrected chi connectivity index (χ3v) is 7.84. The summed E-state index contributed by atoms with van der Waals surface area (Å²) >= 11 is 0. The number of benzene rings is 1. The first-order chi connectivity index (χ1) is 19.7. The van der Waals surface area contributed by atoms with Gasteiger partial charge in [-0.25, -0.2) is 14.8 Å². The van der Waals surface area contributed by atoms with Crippen LogP contribution in [0.1, 0.15) is 62.5 Å². The van der Waals surface area contributed by atoms with Crippen LogP contribution in [0.2, 0.25) is 0 Å². The molecule has 1 saturated heterocycles. The van der Waals surface area contributed by atoms with Gasteiger partial charge in [-0.15, -0.1) is 5.10 Å². The number of carboxylic acid groups (broad SMARTS) is 1. The molecule has 0 spiro atoms. The van der Waals surface area contributed by atoms with Crippen LogP contribution in [0.15, 0.2) is 47.2 Å². The zero-order valence-corrected chi connectivity index (χ0v) is 23.9. The van der Waals surface area contributed by atoms with Crippen molar-refractivity contribution >= 4 is 30.0 Å². The number of aliphatic hydroxyl groups is 1. The summed E-state index contributed by atoms with van der Waals surface area (Å²) < 4.78 is 14.1. The largest absolute Gasteiger partial charge is 0.493 e. The molecule has 0 aliphatic carbocycles. The van der Waals surface area contributed by atoms with Gasteiger partial charge in [0.05, 0.1) is 17.8 Å². The first-order valence-corrected chi connectivity index (χ1v) is 14.0. The van der Waals surface area contributed by atoms with Crippen LogP contribution in [-0.2, 0) is 16.0 Å². The molecule has 0 radical (unpaired) electrons. The highest BCUT2D eigenvalue weighted by Gasteiger charge is 2.35. The molecule has 1 fully saturated rings. The van der Waals surface area contributed by atoms with Crippen molar-refractivity contribution in [1.82, 2.24) is 14.6 Å². The Labute approximate surface area is 239 Å². The van der Waals surface area contributed by atoms with E-state index in [0.29, 0.717) is 55.7 Å². The lowest BCUT2D eigenvalue weighted by atomic mass is 9.92. The fourth-order valence-electron chi connectivity index (χ4n) is 5.53. The van der Waals surface area contributed by atoms with Crippen molar-refractivity contribution in [3.63, 3.8) is 0 Å². The van der Waals surface area contributed by atoms with Gasteiger partial charge in [0, 0.05) is 44.4 Å². The maximum atomic E-state index is 11.9. The first kappa shape index (κ1) is 28.6. The normalized spacial score (nSPS) is 20.1. The lowest BCUT2D eigenvalue weighted by Gasteiger charge is -2.41. The number of rotatable bonds is 3. The summed E-state index contributed by atoms with van der Waals surface area (Å²) in [7, 11) is 0. The molecule has 0 saturated carbocycles. The van der Waals surface area contributed by atoms with E-state index in [4.69, 9.17) is 14.6 Å². The Morgan fingerprint density at radius 2 is 1.90 bits per heavy atom. The number of hydrogen-bond donors (Lipinski definition) is 2. The third kappa shape index (κ3) is 6.06. The number of ether oxygens (including phenoxy) is 2. The fraction of sp³-hybridized carbons (Fsp3) is 0.467. The minimum Gasteiger partial charge on any atom is -0.493 e. The van der Waals surface area contributed by atoms with Crippen molar-refractivity contribution < 1.29 is 24.5 Å². The number of fused-ring (bicyclic) bond motifs is 9. The molecule has 3 aliphatic heterocycles. The molecule has 0 unspecified atom stereocenters. The molecule has 3 aliphatic rings. The minimum atomic E-state index is -1.75. The summed E-state index contributed by atoms with van der Waals surface area (Å²) in [5.41, 5.74) is 2.94. The summed E-state index contributed by atoms with van der Waals surface area (Å²) in [5, 5.41) is 31.1. The molecule has 1 atom stereocenters. The summed E-state index contributed by atoms with van der Waals surface area (Å²) in [5.74, 6) is 0.501. The van der Waals surface area contributed by atoms with Gasteiger partial charge in [-0.1, -0.05) is 23.8 Å². The lowest BCUT2D eigenvalue weighted by Crippen LogP contribution is -2.45. The van der Waals surface area contributed by atoms with Crippen molar-refractivity contribution in [2.45, 2.75) is 64.6 Å². The number of anilines is 2. The lowest BCUT2D eigenvalue weighted by molar-refractivity contribution is -0.147. The highest BCUT2D eigenvalue weighted by molar-refractivity contribution is 5.78. The van der Waals surface area contributed by atoms with Crippen LogP contribution in [0.5, 0.6) is 5.75 Å². The van der Waals surface area contributed by atoms with Crippen LogP contribution >= 0.6 is 0 Å². The van der Waals surface area contributed by atoms with E-state index in [1.807, 2.05) is 31.3 Å². The second-order valence-electron chi connectivity index (χ2n) is 11.0. The second-order valence-corrected chi connectivity index (χ2v) is 11.0. The van der Waals surface area contributed by atoms with Crippen molar-refractivity contribution in [1.29, 1.82) is 0 Å². The number of carbonyl (C=O) groups is 1. The summed E-state index contributed by atoms with van der Waals surface area (Å²) in [6, 6.07) is 9.80. The van der Waals surface area contributed by atoms with Crippen LogP contribution in [0.25, 0.3) is 5.65 Å². The number of hydrazone groups is 1. The molecule has 11 nitrogen and oxygen atoms in total. The van der Waals surface area contributed by atoms with Crippen LogP contribution in [-0.4, -0.2) is 69.4 Å². The van der Waals surface area contributed by atoms with E-state index >= 15 is 0 Å². The molecule has 4 bridgehead atoms. The molecule has 6 rings (SSSR count). The number of piperidine rings is 1. The predicted molar refractivity (Wildman–Crippen MR) is 157 cm³/mol. The first-order valence-electron chi connectivity index (χ1n) is 14.0. The maximum Gasteiger partial charge on any atom is 0.337 e. The monoisotopic (exact) mass is 562 g/mol. The van der Waals surface area contributed by atoms with E-state index in [9.17, 15) is 15.0 Å². The molecule has 1 aromatic carbocycles. The Balaban J connectivity index is 1.61. The SMILES string of the molecule is C=NN1/C=C(\C)Cc2ccccc2OCCCCOC2(C)CCN(CC2)c2c([C@H](O)C(=O)O)c(C)nc3cc1nn23. The highest BCUT2D eigenvalue weighted by atomic mass is 16.5. The molecule has 2 N–H and O–H groups in total. The number of aryl methyl sites for hydroxylation is 1. The standard InChI is InChI=1S/C30H38N6O5/c1-20-17-22-9-5-6-10-23(22)40-15-7-8-16-41-30(3)11-13-34(14-12-30)28-26(27(37)29(38)39)21(2)32-24-18-25(33-36(24)28)35(19-20)31-4/h5-6,9-10,18-19,27,37H,4,7-8,11-17H2,1-3H3,(H,38,39)/b20-19+/t27-/m0/s1. The van der Waals surface area contributed by atoms with Gasteiger partial charge in [-0.3, -0.25) is 0 Å². The summed E-state index contributed by atoms with van der Waals surface area (Å²) in [6.07, 6.45) is 4.00. The molecule has 3 aromatic rings. The Bertz CT molecular complexity index is 1460. The molecule has 5 heterocycles. The number of aromatic nitrogens is 3. The molecular weight excluding hydrogens is 524 g/mol. The van der Waals surface area contributed by atoms with Gasteiger partial charge in [0.2, 0.25) is 0 Å². The van der Waals surface area contributed by atoms with Gasteiger partial charge < -0.3 is 24.6 Å². The number of nitrogens with zero attached hydrogens (tertiary/aromatic N) is 6. The van der Waals surface area contributed by atoms with Crippen LogP contribution < -0.4 is 14.6 Å². The Kier molecular flexibility index (Phi) is 8.27. The topological polar surface area (TPSA) is 125 Å². The van der Waals surface area contributed by atoms with E-state index < -0.39 is 12.1 Å². The molecule has 41 heavy (non-hydrogen) atoms. The highest BCUT2D eigenvalue weighted by Crippen LogP contribution is 2.36. The molecule has 2 aromatic heterocycles. The van der Waals surface area contributed by atoms with Gasteiger partial charge in [-0.2, -0.15) is 9.62 Å². The van der Waals surface area contributed by atoms with Gasteiger partial charge in [-0.05, 0) is 64.5 Å². The van der Waals surface area contributed by atoms with E-state index in [2.05, 4.69) is 34.7 Å². The quantitative estimate of drug-likeness (QED) is 0.450. The maximum absolute atomic E-state index is 11.9. The predicted octanol–water partition coefficient (Wildman–Crippen LogP) is 4.27. The van der Waals surface area contributed by atoms with Crippen molar-refractivity contribution in [2.24, 2.45) is 5.10 Å². The average Bonchev–Trinajstić information content (AvgIpc) is 3.36. The van der Waals surface area contributed by atoms with E-state index in [1.54, 1.807) is 22.5 Å². The van der Waals surface area contributed by atoms with E-state index in [1.165, 1.54) is 0 Å². The van der Waals surface area contributed by atoms with Crippen molar-refractivity contribution in [3.8, 4) is 5.75 Å². The van der Waals surface area contributed by atoms with E-state index in [0.717, 1.165) is 42.6 Å². The zero-order valence-electron chi connectivity index (χ0n) is 23.9. The van der Waals surface area contributed by atoms with Gasteiger partial charge in [0.25, 0.3) is 0 Å². The minimum absolute atomic E-state index is 0.229. The molecule has 0 amide bonds. The third-order valence-electron chi connectivity index (χ3n) is 7.84. The number of carboxylic acids is 1. The average molecular weight is 563 g/mol. The van der Waals surface area contributed by atoms with Crippen LogP contribution in [0.3, 0.4) is 0 Å². The Morgan fingerprint density at radius 3 is 2.63 bits per heavy atom. The van der Waals surface area contributed by atoms with Crippen LogP contribution in [0.4, 0.5) is 11.6 Å². The zero-order chi connectivity index (χ0) is 29.1. The fourth-order valence-corrected chi connectivity index (χ4v) is 5.53. The number of para-hydroxylation sites is 1. The molecule has 11 heteroatoms. The molecule has 218 valence electrons. The summed E-state index contributed by atoms with van der Waals surface area (Å²) in [6.45, 7) is 12.0. The second kappa shape index (κ2) is 11.9. The smallest absolute Gasteiger partial charge is 0.337 e. The number of aliphatic carboxylic acids is 1. The Morgan fingerprint density at radius 1 is 1.17 bits per heavy atom.